The number of ketones is 1. The third-order valence-electron chi connectivity index (χ3n) is 4.48. The number of benzene rings is 2. The summed E-state index contributed by atoms with van der Waals surface area (Å²) in [6.45, 7) is 0.371. The highest BCUT2D eigenvalue weighted by atomic mass is 16.5. The lowest BCUT2D eigenvalue weighted by atomic mass is 10.1. The van der Waals surface area contributed by atoms with E-state index in [4.69, 9.17) is 9.47 Å². The first-order chi connectivity index (χ1) is 13.0. The van der Waals surface area contributed by atoms with Gasteiger partial charge in [-0.2, -0.15) is 0 Å². The Morgan fingerprint density at radius 3 is 2.78 bits per heavy atom. The van der Waals surface area contributed by atoms with E-state index >= 15 is 0 Å². The Morgan fingerprint density at radius 2 is 2.04 bits per heavy atom. The van der Waals surface area contributed by atoms with Crippen molar-refractivity contribution in [3.05, 3.63) is 53.4 Å². The molecule has 2 heterocycles. The van der Waals surface area contributed by atoms with E-state index in [0.717, 1.165) is 17.0 Å². The van der Waals surface area contributed by atoms with Gasteiger partial charge < -0.3 is 29.4 Å². The maximum Gasteiger partial charge on any atom is 0.235 e. The topological polar surface area (TPSA) is 101 Å². The summed E-state index contributed by atoms with van der Waals surface area (Å²) in [4.78, 5) is 12.6. The first kappa shape index (κ1) is 17.0. The standard InChI is InChI=1S/C20H17NO6/c1-26-13-2-3-15-14(9-13)11(10-21(15)4-5-22)6-18-20(25)19-16(24)7-12(23)8-17(19)27-18/h2-3,6-10,22-24H,4-5H2,1H3. The number of allylic oxidation sites excluding steroid dienone is 1. The molecule has 7 heteroatoms. The molecule has 0 atom stereocenters. The predicted octanol–water partition coefficient (Wildman–Crippen LogP) is 2.67. The molecule has 0 amide bonds. The van der Waals surface area contributed by atoms with Crippen molar-refractivity contribution in [3.8, 4) is 23.0 Å². The van der Waals surface area contributed by atoms with E-state index < -0.39 is 5.78 Å². The smallest absolute Gasteiger partial charge is 0.235 e. The van der Waals surface area contributed by atoms with Crippen LogP contribution in [0.25, 0.3) is 17.0 Å². The number of fused-ring (bicyclic) bond motifs is 2. The van der Waals surface area contributed by atoms with E-state index in [1.54, 1.807) is 13.2 Å². The van der Waals surface area contributed by atoms with Crippen molar-refractivity contribution in [2.75, 3.05) is 13.7 Å². The average Bonchev–Trinajstić information content (AvgIpc) is 3.13. The van der Waals surface area contributed by atoms with Crippen LogP contribution in [0.15, 0.2) is 42.3 Å². The summed E-state index contributed by atoms with van der Waals surface area (Å²) in [5.41, 5.74) is 1.60. The number of hydrogen-bond acceptors (Lipinski definition) is 6. The van der Waals surface area contributed by atoms with Crippen LogP contribution in [0.1, 0.15) is 15.9 Å². The SMILES string of the molecule is COc1ccc2c(c1)c(C=C1Oc3cc(O)cc(O)c3C1=O)cn2CCO. The van der Waals surface area contributed by atoms with Gasteiger partial charge in [0.25, 0.3) is 0 Å². The molecule has 3 N–H and O–H groups in total. The minimum atomic E-state index is -0.464. The fourth-order valence-corrected chi connectivity index (χ4v) is 3.26. The quantitative estimate of drug-likeness (QED) is 0.613. The van der Waals surface area contributed by atoms with Gasteiger partial charge in [-0.25, -0.2) is 0 Å². The number of phenolic OH excluding ortho intramolecular Hbond substituents is 2. The Hall–Kier alpha value is -3.45. The third kappa shape index (κ3) is 2.78. The van der Waals surface area contributed by atoms with Gasteiger partial charge >= 0.3 is 0 Å². The third-order valence-corrected chi connectivity index (χ3v) is 4.48. The summed E-state index contributed by atoms with van der Waals surface area (Å²) in [6, 6.07) is 7.92. The molecule has 3 aromatic rings. The van der Waals surface area contributed by atoms with Crippen LogP contribution in [-0.4, -0.2) is 39.4 Å². The number of rotatable bonds is 4. The van der Waals surface area contributed by atoms with Crippen LogP contribution in [0, 0.1) is 0 Å². The van der Waals surface area contributed by atoms with Crippen molar-refractivity contribution < 1.29 is 29.6 Å². The summed E-state index contributed by atoms with van der Waals surface area (Å²) in [5, 5.41) is 29.7. The summed E-state index contributed by atoms with van der Waals surface area (Å²) in [6.07, 6.45) is 3.39. The Kier molecular flexibility index (Phi) is 4.01. The molecule has 0 unspecified atom stereocenters. The van der Waals surface area contributed by atoms with E-state index in [1.807, 2.05) is 29.0 Å². The summed E-state index contributed by atoms with van der Waals surface area (Å²) < 4.78 is 12.7. The highest BCUT2D eigenvalue weighted by molar-refractivity contribution is 6.16. The Morgan fingerprint density at radius 1 is 1.22 bits per heavy atom. The fourth-order valence-electron chi connectivity index (χ4n) is 3.26. The summed E-state index contributed by atoms with van der Waals surface area (Å²) >= 11 is 0. The van der Waals surface area contributed by atoms with Crippen LogP contribution in [0.5, 0.6) is 23.0 Å². The molecule has 4 rings (SSSR count). The number of ether oxygens (including phenoxy) is 2. The molecular formula is C20H17NO6. The van der Waals surface area contributed by atoms with Gasteiger partial charge in [-0.1, -0.05) is 0 Å². The molecule has 0 aliphatic carbocycles. The number of phenols is 2. The molecule has 0 spiro atoms. The number of aromatic hydroxyl groups is 2. The van der Waals surface area contributed by atoms with Gasteiger partial charge in [-0.05, 0) is 24.3 Å². The zero-order valence-corrected chi connectivity index (χ0v) is 14.5. The van der Waals surface area contributed by atoms with Crippen LogP contribution in [0.2, 0.25) is 0 Å². The predicted molar refractivity (Wildman–Crippen MR) is 98.3 cm³/mol. The maximum atomic E-state index is 12.6. The molecule has 0 saturated carbocycles. The van der Waals surface area contributed by atoms with Crippen LogP contribution in [0.3, 0.4) is 0 Å². The molecule has 27 heavy (non-hydrogen) atoms. The van der Waals surface area contributed by atoms with Gasteiger partial charge in [0.2, 0.25) is 5.78 Å². The molecule has 1 aliphatic heterocycles. The largest absolute Gasteiger partial charge is 0.508 e. The Balaban J connectivity index is 1.83. The van der Waals surface area contributed by atoms with Crippen molar-refractivity contribution in [2.45, 2.75) is 6.54 Å². The number of aliphatic hydroxyl groups is 1. The summed E-state index contributed by atoms with van der Waals surface area (Å²) in [7, 11) is 1.57. The van der Waals surface area contributed by atoms with Gasteiger partial charge in [0.05, 0.1) is 13.7 Å². The maximum absolute atomic E-state index is 12.6. The lowest BCUT2D eigenvalue weighted by Gasteiger charge is -2.03. The molecule has 2 aromatic carbocycles. The van der Waals surface area contributed by atoms with Crippen LogP contribution < -0.4 is 9.47 Å². The zero-order chi connectivity index (χ0) is 19.1. The molecule has 138 valence electrons. The van der Waals surface area contributed by atoms with Crippen molar-refractivity contribution in [3.63, 3.8) is 0 Å². The van der Waals surface area contributed by atoms with Crippen LogP contribution in [-0.2, 0) is 6.54 Å². The van der Waals surface area contributed by atoms with Gasteiger partial charge in [0, 0.05) is 41.3 Å². The fraction of sp³-hybridized carbons (Fsp3) is 0.150. The second-order valence-electron chi connectivity index (χ2n) is 6.16. The second-order valence-corrected chi connectivity index (χ2v) is 6.16. The molecule has 0 fully saturated rings. The molecule has 0 bridgehead atoms. The van der Waals surface area contributed by atoms with Crippen molar-refractivity contribution >= 4 is 22.8 Å². The highest BCUT2D eigenvalue weighted by Gasteiger charge is 2.31. The first-order valence-electron chi connectivity index (χ1n) is 8.29. The number of nitrogens with zero attached hydrogens (tertiary/aromatic N) is 1. The number of hydrogen-bond donors (Lipinski definition) is 3. The van der Waals surface area contributed by atoms with Gasteiger partial charge in [-0.15, -0.1) is 0 Å². The van der Waals surface area contributed by atoms with Crippen LogP contribution in [0.4, 0.5) is 0 Å². The lowest BCUT2D eigenvalue weighted by Crippen LogP contribution is -2.00. The van der Waals surface area contributed by atoms with E-state index in [9.17, 15) is 20.1 Å². The van der Waals surface area contributed by atoms with E-state index in [-0.39, 0.29) is 35.2 Å². The number of carbonyl (C=O) groups is 1. The Bertz CT molecular complexity index is 1100. The molecule has 1 aromatic heterocycles. The molecule has 0 saturated heterocycles. The molecule has 1 aliphatic rings. The van der Waals surface area contributed by atoms with E-state index in [2.05, 4.69) is 0 Å². The van der Waals surface area contributed by atoms with Gasteiger partial charge in [-0.3, -0.25) is 4.79 Å². The Labute approximate surface area is 154 Å². The minimum absolute atomic E-state index is 0.0238. The van der Waals surface area contributed by atoms with Crippen molar-refractivity contribution in [1.29, 1.82) is 0 Å². The molecular weight excluding hydrogens is 350 g/mol. The first-order valence-corrected chi connectivity index (χ1v) is 8.29. The van der Waals surface area contributed by atoms with Gasteiger partial charge in [0.1, 0.15) is 28.6 Å². The number of Topliss-reactive ketones (excluding diaryl/α,β-unsaturated/α-hetero) is 1. The average molecular weight is 367 g/mol. The zero-order valence-electron chi connectivity index (χ0n) is 14.5. The van der Waals surface area contributed by atoms with Crippen molar-refractivity contribution in [2.24, 2.45) is 0 Å². The van der Waals surface area contributed by atoms with Gasteiger partial charge in [0.15, 0.2) is 5.76 Å². The molecule has 0 radical (unpaired) electrons. The number of aromatic nitrogens is 1. The van der Waals surface area contributed by atoms with Crippen LogP contribution >= 0.6 is 0 Å². The molecule has 7 nitrogen and oxygen atoms in total. The van der Waals surface area contributed by atoms with E-state index in [1.165, 1.54) is 6.07 Å². The monoisotopic (exact) mass is 367 g/mol. The number of carbonyl (C=O) groups excluding carboxylic acids is 1. The highest BCUT2D eigenvalue weighted by Crippen LogP contribution is 2.41. The number of methoxy groups -OCH3 is 1. The summed E-state index contributed by atoms with van der Waals surface area (Å²) in [5.74, 6) is -0.175. The van der Waals surface area contributed by atoms with Crippen molar-refractivity contribution in [1.82, 2.24) is 4.57 Å². The second kappa shape index (κ2) is 6.37. The van der Waals surface area contributed by atoms with E-state index in [0.29, 0.717) is 17.9 Å². The number of aliphatic hydroxyl groups excluding tert-OH is 1. The minimum Gasteiger partial charge on any atom is -0.508 e. The lowest BCUT2D eigenvalue weighted by molar-refractivity contribution is 0.101. The normalized spacial score (nSPS) is 14.6.